The number of rotatable bonds is 7. The zero-order valence-electron chi connectivity index (χ0n) is 16.9. The van der Waals surface area contributed by atoms with Gasteiger partial charge in [0, 0.05) is 12.6 Å². The fourth-order valence-corrected chi connectivity index (χ4v) is 3.35. The molecular weight excluding hydrogens is 374 g/mol. The second-order valence-electron chi connectivity index (χ2n) is 6.99. The van der Waals surface area contributed by atoms with Gasteiger partial charge in [-0.1, -0.05) is 26.0 Å². The number of H-pyrrole nitrogens is 1. The first kappa shape index (κ1) is 20.3. The van der Waals surface area contributed by atoms with E-state index in [1.54, 1.807) is 26.4 Å². The van der Waals surface area contributed by atoms with Crippen LogP contribution >= 0.6 is 0 Å². The summed E-state index contributed by atoms with van der Waals surface area (Å²) in [5, 5.41) is 27.0. The first-order valence-electron chi connectivity index (χ1n) is 9.28. The Morgan fingerprint density at radius 1 is 1.14 bits per heavy atom. The molecule has 0 spiro atoms. The van der Waals surface area contributed by atoms with Crippen LogP contribution in [0.2, 0.25) is 0 Å². The molecule has 3 aromatic rings. The van der Waals surface area contributed by atoms with Crippen LogP contribution in [0.15, 0.2) is 35.1 Å². The smallest absolute Gasteiger partial charge is 0.343 e. The van der Waals surface area contributed by atoms with Gasteiger partial charge in [0.15, 0.2) is 17.3 Å². The maximum absolute atomic E-state index is 12.4. The van der Waals surface area contributed by atoms with E-state index in [1.807, 2.05) is 26.0 Å². The van der Waals surface area contributed by atoms with Gasteiger partial charge < -0.3 is 19.7 Å². The van der Waals surface area contributed by atoms with Crippen molar-refractivity contribution in [3.05, 3.63) is 51.9 Å². The number of nitrogens with zero attached hydrogens (tertiary/aromatic N) is 2. The molecule has 0 amide bonds. The van der Waals surface area contributed by atoms with Crippen molar-refractivity contribution in [2.45, 2.75) is 32.7 Å². The zero-order valence-corrected chi connectivity index (χ0v) is 16.9. The molecule has 29 heavy (non-hydrogen) atoms. The van der Waals surface area contributed by atoms with Crippen LogP contribution in [0.3, 0.4) is 0 Å². The van der Waals surface area contributed by atoms with Crippen LogP contribution in [0.5, 0.6) is 23.0 Å². The third kappa shape index (κ3) is 3.91. The van der Waals surface area contributed by atoms with E-state index in [0.29, 0.717) is 41.4 Å². The fourth-order valence-electron chi connectivity index (χ4n) is 3.35. The number of hydrogen-bond acceptors (Lipinski definition) is 6. The maximum atomic E-state index is 12.4. The lowest BCUT2D eigenvalue weighted by molar-refractivity contribution is 0.351. The molecule has 8 nitrogen and oxygen atoms in total. The number of hydrogen-bond donors (Lipinski definition) is 3. The average molecular weight is 399 g/mol. The number of para-hydroxylation sites is 1. The Morgan fingerprint density at radius 2 is 1.90 bits per heavy atom. The Morgan fingerprint density at radius 3 is 2.55 bits per heavy atom. The Hall–Kier alpha value is -3.42. The third-order valence-electron chi connectivity index (χ3n) is 4.86. The molecule has 0 aliphatic rings. The monoisotopic (exact) mass is 399 g/mol. The van der Waals surface area contributed by atoms with Crippen LogP contribution < -0.4 is 15.2 Å². The van der Waals surface area contributed by atoms with Crippen molar-refractivity contribution >= 4 is 0 Å². The molecule has 0 saturated heterocycles. The summed E-state index contributed by atoms with van der Waals surface area (Å²) in [6.07, 6.45) is 0.489. The molecule has 0 atom stereocenters. The van der Waals surface area contributed by atoms with Crippen molar-refractivity contribution < 1.29 is 19.7 Å². The number of aromatic hydroxyl groups is 2. The molecule has 8 heteroatoms. The number of aromatic nitrogens is 3. The van der Waals surface area contributed by atoms with Crippen LogP contribution in [0.4, 0.5) is 0 Å². The van der Waals surface area contributed by atoms with Gasteiger partial charge in [0.2, 0.25) is 0 Å². The van der Waals surface area contributed by atoms with Crippen molar-refractivity contribution in [1.82, 2.24) is 14.8 Å². The van der Waals surface area contributed by atoms with Crippen LogP contribution in [0, 0.1) is 0 Å². The van der Waals surface area contributed by atoms with E-state index in [-0.39, 0.29) is 23.1 Å². The van der Waals surface area contributed by atoms with Crippen molar-refractivity contribution in [3.63, 3.8) is 0 Å². The molecule has 154 valence electrons. The van der Waals surface area contributed by atoms with Gasteiger partial charge in [-0.05, 0) is 35.6 Å². The van der Waals surface area contributed by atoms with E-state index in [9.17, 15) is 15.0 Å². The van der Waals surface area contributed by atoms with Crippen LogP contribution in [0.1, 0.15) is 30.9 Å². The number of phenolic OH excluding ortho intramolecular Hbond substituents is 2. The topological polar surface area (TPSA) is 110 Å². The highest BCUT2D eigenvalue weighted by Crippen LogP contribution is 2.37. The molecule has 0 unspecified atom stereocenters. The number of phenols is 2. The Balaban J connectivity index is 1.99. The first-order chi connectivity index (χ1) is 13.9. The largest absolute Gasteiger partial charge is 0.508 e. The second kappa shape index (κ2) is 8.30. The highest BCUT2D eigenvalue weighted by Gasteiger charge is 2.19. The summed E-state index contributed by atoms with van der Waals surface area (Å²) < 4.78 is 12.2. The molecule has 0 aliphatic carbocycles. The minimum absolute atomic E-state index is 0.00630. The fraction of sp³-hybridized carbons (Fsp3) is 0.333. The summed E-state index contributed by atoms with van der Waals surface area (Å²) in [4.78, 5) is 12.4. The molecular formula is C21H25N3O5. The molecule has 0 radical (unpaired) electrons. The molecule has 0 aliphatic heterocycles. The number of methoxy groups -OCH3 is 2. The summed E-state index contributed by atoms with van der Waals surface area (Å²) in [6, 6.07) is 8.50. The van der Waals surface area contributed by atoms with E-state index in [1.165, 1.54) is 10.6 Å². The van der Waals surface area contributed by atoms with Gasteiger partial charge in [-0.15, -0.1) is 0 Å². The molecule has 0 fully saturated rings. The minimum atomic E-state index is -0.388. The van der Waals surface area contributed by atoms with Crippen LogP contribution in [-0.2, 0) is 13.0 Å². The highest BCUT2D eigenvalue weighted by atomic mass is 16.5. The predicted octanol–water partition coefficient (Wildman–Crippen LogP) is 3.03. The van der Waals surface area contributed by atoms with Gasteiger partial charge in [0.1, 0.15) is 11.5 Å². The predicted molar refractivity (Wildman–Crippen MR) is 109 cm³/mol. The molecule has 2 aromatic carbocycles. The van der Waals surface area contributed by atoms with Crippen molar-refractivity contribution in [2.24, 2.45) is 0 Å². The van der Waals surface area contributed by atoms with Gasteiger partial charge in [-0.25, -0.2) is 9.89 Å². The molecule has 1 aromatic heterocycles. The molecule has 0 saturated carbocycles. The lowest BCUT2D eigenvalue weighted by Gasteiger charge is -2.14. The van der Waals surface area contributed by atoms with E-state index >= 15 is 0 Å². The van der Waals surface area contributed by atoms with Crippen LogP contribution in [0.25, 0.3) is 11.4 Å². The summed E-state index contributed by atoms with van der Waals surface area (Å²) in [6.45, 7) is 4.18. The number of aryl methyl sites for hydroxylation is 1. The number of benzene rings is 2. The van der Waals surface area contributed by atoms with Crippen molar-refractivity contribution in [3.8, 4) is 34.4 Å². The SMILES string of the molecule is COc1cccc(CCn2c(-c3cc(C(C)C)c(O)cc3O)n[nH]c2=O)c1OC. The maximum Gasteiger partial charge on any atom is 0.343 e. The lowest BCUT2D eigenvalue weighted by Crippen LogP contribution is -2.19. The Bertz CT molecular complexity index is 1070. The first-order valence-corrected chi connectivity index (χ1v) is 9.28. The van der Waals surface area contributed by atoms with E-state index < -0.39 is 0 Å². The summed E-state index contributed by atoms with van der Waals surface area (Å²) >= 11 is 0. The van der Waals surface area contributed by atoms with Crippen molar-refractivity contribution in [2.75, 3.05) is 14.2 Å². The average Bonchev–Trinajstić information content (AvgIpc) is 3.05. The van der Waals surface area contributed by atoms with Crippen LogP contribution in [-0.4, -0.2) is 39.2 Å². The Labute approximate surface area is 168 Å². The van der Waals surface area contributed by atoms with E-state index in [0.717, 1.165) is 5.56 Å². The van der Waals surface area contributed by atoms with Gasteiger partial charge in [-0.2, -0.15) is 5.10 Å². The summed E-state index contributed by atoms with van der Waals surface area (Å²) in [5.41, 5.74) is 1.53. The second-order valence-corrected chi connectivity index (χ2v) is 6.99. The number of ether oxygens (including phenoxy) is 2. The summed E-state index contributed by atoms with van der Waals surface area (Å²) in [5.74, 6) is 1.42. The molecule has 0 bridgehead atoms. The van der Waals surface area contributed by atoms with Gasteiger partial charge in [0.25, 0.3) is 0 Å². The van der Waals surface area contributed by atoms with Crippen molar-refractivity contribution in [1.29, 1.82) is 0 Å². The van der Waals surface area contributed by atoms with Gasteiger partial charge in [0.05, 0.1) is 19.8 Å². The Kier molecular flexibility index (Phi) is 5.81. The normalized spacial score (nSPS) is 11.1. The third-order valence-corrected chi connectivity index (χ3v) is 4.86. The molecule has 3 rings (SSSR count). The molecule has 1 heterocycles. The van der Waals surface area contributed by atoms with E-state index in [2.05, 4.69) is 10.2 Å². The molecule has 3 N–H and O–H groups in total. The highest BCUT2D eigenvalue weighted by molar-refractivity contribution is 5.67. The number of aromatic amines is 1. The van der Waals surface area contributed by atoms with Gasteiger partial charge >= 0.3 is 5.69 Å². The zero-order chi connectivity index (χ0) is 21.1. The van der Waals surface area contributed by atoms with E-state index in [4.69, 9.17) is 9.47 Å². The lowest BCUT2D eigenvalue weighted by atomic mass is 9.98. The quantitative estimate of drug-likeness (QED) is 0.563. The standard InChI is InChI=1S/C21H25N3O5/c1-12(2)14-10-15(17(26)11-16(14)25)20-22-23-21(27)24(20)9-8-13-6-5-7-18(28-3)19(13)29-4/h5-7,10-12,25-26H,8-9H2,1-4H3,(H,23,27). The van der Waals surface area contributed by atoms with Gasteiger partial charge in [-0.3, -0.25) is 4.57 Å². The number of nitrogens with one attached hydrogen (secondary N) is 1. The minimum Gasteiger partial charge on any atom is -0.508 e. The summed E-state index contributed by atoms with van der Waals surface area (Å²) in [7, 11) is 3.14.